The van der Waals surface area contributed by atoms with E-state index in [1.807, 2.05) is 13.8 Å². The number of allylic oxidation sites excluding steroid dienone is 1. The van der Waals surface area contributed by atoms with Crippen LogP contribution in [0.5, 0.6) is 0 Å². The third-order valence-corrected chi connectivity index (χ3v) is 16.0. The summed E-state index contributed by atoms with van der Waals surface area (Å²) in [4.78, 5) is 11.2. The topological polar surface area (TPSA) is 163 Å². The van der Waals surface area contributed by atoms with Crippen molar-refractivity contribution in [3.05, 3.63) is 11.6 Å². The Bertz CT molecular complexity index is 1460. The summed E-state index contributed by atoms with van der Waals surface area (Å²) in [6.45, 7) is 20.5. The summed E-state index contributed by atoms with van der Waals surface area (Å²) in [6.07, 6.45) is 9.56. The van der Waals surface area contributed by atoms with Gasteiger partial charge in [-0.3, -0.25) is 0 Å². The molecule has 6 heterocycles. The fourth-order valence-corrected chi connectivity index (χ4v) is 12.3. The van der Waals surface area contributed by atoms with Crippen LogP contribution >= 0.6 is 0 Å². The van der Waals surface area contributed by atoms with Crippen LogP contribution in [-0.2, 0) is 38.0 Å². The predicted molar refractivity (Wildman–Crippen MR) is 222 cm³/mol. The van der Waals surface area contributed by atoms with Gasteiger partial charge in [-0.25, -0.2) is 4.79 Å². The number of hydrogen-bond acceptors (Lipinski definition) is 11. The van der Waals surface area contributed by atoms with Crippen molar-refractivity contribution in [1.82, 2.24) is 0 Å². The molecule has 59 heavy (non-hydrogen) atoms. The van der Waals surface area contributed by atoms with Crippen LogP contribution in [0.15, 0.2) is 11.6 Å². The zero-order valence-corrected chi connectivity index (χ0v) is 38.1. The second kappa shape index (κ2) is 18.5. The zero-order chi connectivity index (χ0) is 43.2. The van der Waals surface area contributed by atoms with Crippen molar-refractivity contribution in [3.63, 3.8) is 0 Å². The molecule has 0 aromatic carbocycles. The molecule has 20 atom stereocenters. The third-order valence-electron chi connectivity index (χ3n) is 16.0. The number of carboxylic acids is 1. The highest BCUT2D eigenvalue weighted by Gasteiger charge is 2.65. The second-order valence-electron chi connectivity index (χ2n) is 20.9. The molecule has 4 N–H and O–H groups in total. The normalized spacial score (nSPS) is 49.4. The second-order valence-corrected chi connectivity index (χ2v) is 20.9. The first kappa shape index (κ1) is 47.3. The summed E-state index contributed by atoms with van der Waals surface area (Å²) in [7, 11) is 1.79. The first-order valence-electron chi connectivity index (χ1n) is 23.2. The molecule has 0 saturated carbocycles. The van der Waals surface area contributed by atoms with Crippen LogP contribution in [0.25, 0.3) is 0 Å². The van der Waals surface area contributed by atoms with Gasteiger partial charge < -0.3 is 53.6 Å². The van der Waals surface area contributed by atoms with E-state index < -0.39 is 41.5 Å². The Kier molecular flexibility index (Phi) is 14.8. The van der Waals surface area contributed by atoms with E-state index in [1.165, 1.54) is 0 Å². The van der Waals surface area contributed by atoms with Gasteiger partial charge in [0.2, 0.25) is 0 Å². The summed E-state index contributed by atoms with van der Waals surface area (Å²) in [5.74, 6) is -2.57. The van der Waals surface area contributed by atoms with E-state index in [9.17, 15) is 25.2 Å². The molecule has 12 heteroatoms. The Morgan fingerprint density at radius 1 is 0.881 bits per heavy atom. The van der Waals surface area contributed by atoms with Gasteiger partial charge in [0.25, 0.3) is 0 Å². The number of methoxy groups -OCH3 is 1. The largest absolute Gasteiger partial charge is 0.478 e. The summed E-state index contributed by atoms with van der Waals surface area (Å²) in [6, 6.07) is 0. The third kappa shape index (κ3) is 9.82. The summed E-state index contributed by atoms with van der Waals surface area (Å²) in [5, 5.41) is 41.3. The number of carboxylic acid groups (broad SMARTS) is 1. The first-order valence-corrected chi connectivity index (χ1v) is 23.2. The molecule has 1 spiro atoms. The smallest absolute Gasteiger partial charge is 0.330 e. The van der Waals surface area contributed by atoms with Gasteiger partial charge in [-0.1, -0.05) is 54.5 Å². The number of ether oxygens (including phenoxy) is 7. The molecule has 340 valence electrons. The van der Waals surface area contributed by atoms with Gasteiger partial charge in [-0.2, -0.15) is 0 Å². The van der Waals surface area contributed by atoms with E-state index in [1.54, 1.807) is 20.1 Å². The van der Waals surface area contributed by atoms with E-state index >= 15 is 0 Å². The van der Waals surface area contributed by atoms with Gasteiger partial charge in [-0.15, -0.1) is 0 Å². The van der Waals surface area contributed by atoms with Crippen molar-refractivity contribution in [3.8, 4) is 0 Å². The van der Waals surface area contributed by atoms with Crippen molar-refractivity contribution < 1.29 is 58.4 Å². The molecule has 6 rings (SSSR count). The summed E-state index contributed by atoms with van der Waals surface area (Å²) >= 11 is 0. The molecular formula is C47H80O12. The molecule has 12 nitrogen and oxygen atoms in total. The Morgan fingerprint density at radius 2 is 1.61 bits per heavy atom. The Morgan fingerprint density at radius 3 is 2.29 bits per heavy atom. The van der Waals surface area contributed by atoms with Crippen molar-refractivity contribution in [2.75, 3.05) is 13.7 Å². The molecule has 0 radical (unpaired) electrons. The average Bonchev–Trinajstić information content (AvgIpc) is 3.85. The maximum atomic E-state index is 11.2. The lowest BCUT2D eigenvalue weighted by Crippen LogP contribution is -2.58. The van der Waals surface area contributed by atoms with E-state index in [0.29, 0.717) is 30.8 Å². The highest BCUT2D eigenvalue weighted by Crippen LogP contribution is 2.57. The minimum Gasteiger partial charge on any atom is -0.478 e. The molecule has 6 saturated heterocycles. The molecule has 0 aliphatic carbocycles. The molecule has 6 aliphatic rings. The number of rotatable bonds is 14. The van der Waals surface area contributed by atoms with E-state index in [-0.39, 0.29) is 84.3 Å². The molecule has 4 unspecified atom stereocenters. The summed E-state index contributed by atoms with van der Waals surface area (Å²) in [5.41, 5.74) is -0.769. The molecule has 0 amide bonds. The molecule has 6 fully saturated rings. The van der Waals surface area contributed by atoms with Gasteiger partial charge in [0.1, 0.15) is 0 Å². The van der Waals surface area contributed by atoms with Gasteiger partial charge in [-0.05, 0) is 109 Å². The minimum absolute atomic E-state index is 0.00142. The zero-order valence-electron chi connectivity index (χ0n) is 38.1. The fourth-order valence-electron chi connectivity index (χ4n) is 12.3. The Hall–Kier alpha value is -1.19. The van der Waals surface area contributed by atoms with Crippen LogP contribution in [0.3, 0.4) is 0 Å². The average molecular weight is 837 g/mol. The number of hydrogen-bond donors (Lipinski definition) is 4. The van der Waals surface area contributed by atoms with Crippen LogP contribution < -0.4 is 0 Å². The SMILES string of the molecule is CO[C@@H]1C[C@@H](C[C@H]2CC[C@H](C)[C@H](CC(O)CCC(C)/C=C(\C)C(=O)O)O2)OC2(O[C@](C)([C@H]3CC[C@@](C)([C@@H]4O[C@@H]([C@H]5O[C@@](O)(CO)[C@H](C)C[C@@H]5C)C[C@@H]4C)O3)CC2C)[C@@H]1C. The maximum Gasteiger partial charge on any atom is 0.330 e. The lowest BCUT2D eigenvalue weighted by molar-refractivity contribution is -0.353. The Labute approximate surface area is 354 Å². The van der Waals surface area contributed by atoms with Crippen molar-refractivity contribution >= 4 is 5.97 Å². The quantitative estimate of drug-likeness (QED) is 0.131. The van der Waals surface area contributed by atoms with Crippen LogP contribution in [0.1, 0.15) is 146 Å². The molecule has 0 aromatic heterocycles. The van der Waals surface area contributed by atoms with E-state index in [0.717, 1.165) is 57.8 Å². The Balaban J connectivity index is 1.07. The van der Waals surface area contributed by atoms with Gasteiger partial charge in [0.15, 0.2) is 11.6 Å². The number of aliphatic hydroxyl groups is 3. The predicted octanol–water partition coefficient (Wildman–Crippen LogP) is 7.18. The van der Waals surface area contributed by atoms with E-state index in [4.69, 9.17) is 33.2 Å². The lowest BCUT2D eigenvalue weighted by atomic mass is 9.78. The molecule has 0 aromatic rings. The number of aliphatic hydroxyl groups excluding tert-OH is 2. The highest BCUT2D eigenvalue weighted by molar-refractivity contribution is 5.85. The number of carbonyl (C=O) groups is 1. The minimum atomic E-state index is -1.56. The first-order chi connectivity index (χ1) is 27.7. The van der Waals surface area contributed by atoms with Crippen LogP contribution in [0, 0.1) is 41.4 Å². The van der Waals surface area contributed by atoms with Crippen LogP contribution in [0.2, 0.25) is 0 Å². The highest BCUT2D eigenvalue weighted by atomic mass is 16.7. The van der Waals surface area contributed by atoms with Gasteiger partial charge >= 0.3 is 5.97 Å². The standard InChI is InChI=1S/C47H80O12/c1-26(18-30(5)43(50)51)12-14-34(49)21-37-27(2)13-15-35(54-37)22-36-23-38(53-11)33(8)47(56-36)32(7)24-45(10,59-47)40-16-17-44(9,57-40)42-29(4)20-39(55-42)41-28(3)19-31(6)46(52,25-48)58-41/h18,26-29,31-42,48-49,52H,12-17,19-25H2,1-11H3,(H,50,51)/b30-18+/t26?,27-,28-,29-,31+,32?,33+,34?,35+,36+,37-,38+,39+,40+,41-,42+,44-,45-,46-,47?/m0/s1. The van der Waals surface area contributed by atoms with Crippen molar-refractivity contribution in [2.24, 2.45) is 41.4 Å². The van der Waals surface area contributed by atoms with Crippen molar-refractivity contribution in [2.45, 2.75) is 224 Å². The van der Waals surface area contributed by atoms with Gasteiger partial charge in [0.05, 0.1) is 72.7 Å². The number of aliphatic carboxylic acids is 1. The lowest BCUT2D eigenvalue weighted by Gasteiger charge is -2.50. The molecular weight excluding hydrogens is 757 g/mol. The van der Waals surface area contributed by atoms with E-state index in [2.05, 4.69) is 48.5 Å². The van der Waals surface area contributed by atoms with Crippen molar-refractivity contribution in [1.29, 1.82) is 0 Å². The summed E-state index contributed by atoms with van der Waals surface area (Å²) < 4.78 is 47.6. The van der Waals surface area contributed by atoms with Gasteiger partial charge in [0, 0.05) is 43.3 Å². The molecule has 6 aliphatic heterocycles. The van der Waals surface area contributed by atoms with Crippen LogP contribution in [-0.4, -0.2) is 118 Å². The van der Waals surface area contributed by atoms with Crippen LogP contribution in [0.4, 0.5) is 0 Å². The monoisotopic (exact) mass is 837 g/mol. The maximum absolute atomic E-state index is 11.2. The fraction of sp³-hybridized carbons (Fsp3) is 0.936. The molecule has 0 bridgehead atoms.